The first-order chi connectivity index (χ1) is 11.9. The van der Waals surface area contributed by atoms with Gasteiger partial charge in [-0.25, -0.2) is 4.79 Å². The Morgan fingerprint density at radius 3 is 2.44 bits per heavy atom. The number of amides is 1. The minimum Gasteiger partial charge on any atom is -0.465 e. The lowest BCUT2D eigenvalue weighted by molar-refractivity contribution is -0.136. The molecular formula is C19H16ClNO3S. The zero-order valence-electron chi connectivity index (χ0n) is 14.0. The summed E-state index contributed by atoms with van der Waals surface area (Å²) in [6.07, 6.45) is 1.76. The standard InChI is InChI=1S/C19H16ClNO3S/c1-11-8-9-25-16(11)10-15-17(19(23)24-3)12(2)21(18(15)22)14-6-4-13(20)5-7-14/h4-10H,1-3H3/b15-10-. The predicted octanol–water partition coefficient (Wildman–Crippen LogP) is 4.59. The van der Waals surface area contributed by atoms with Crippen molar-refractivity contribution in [2.45, 2.75) is 13.8 Å². The average Bonchev–Trinajstić information content (AvgIpc) is 3.10. The molecule has 1 aliphatic rings. The second-order valence-electron chi connectivity index (χ2n) is 5.59. The van der Waals surface area contributed by atoms with Crippen LogP contribution in [0.4, 0.5) is 5.69 Å². The third kappa shape index (κ3) is 3.13. The summed E-state index contributed by atoms with van der Waals surface area (Å²) in [5, 5.41) is 2.53. The number of anilines is 1. The quantitative estimate of drug-likeness (QED) is 0.584. The summed E-state index contributed by atoms with van der Waals surface area (Å²) >= 11 is 7.45. The molecule has 3 rings (SSSR count). The summed E-state index contributed by atoms with van der Waals surface area (Å²) in [5.74, 6) is -0.782. The highest BCUT2D eigenvalue weighted by Crippen LogP contribution is 2.36. The van der Waals surface area contributed by atoms with Crippen LogP contribution in [0.1, 0.15) is 17.4 Å². The highest BCUT2D eigenvalue weighted by Gasteiger charge is 2.38. The van der Waals surface area contributed by atoms with Crippen molar-refractivity contribution in [1.29, 1.82) is 0 Å². The summed E-state index contributed by atoms with van der Waals surface area (Å²) in [7, 11) is 1.31. The summed E-state index contributed by atoms with van der Waals surface area (Å²) in [4.78, 5) is 27.8. The maximum Gasteiger partial charge on any atom is 0.340 e. The monoisotopic (exact) mass is 373 g/mol. The second-order valence-corrected chi connectivity index (χ2v) is 6.98. The van der Waals surface area contributed by atoms with Crippen LogP contribution in [0, 0.1) is 6.92 Å². The van der Waals surface area contributed by atoms with Crippen molar-refractivity contribution >= 4 is 46.6 Å². The molecule has 0 fully saturated rings. The first-order valence-electron chi connectivity index (χ1n) is 7.59. The number of hydrogen-bond donors (Lipinski definition) is 0. The number of thiophene rings is 1. The Morgan fingerprint density at radius 2 is 1.88 bits per heavy atom. The molecule has 0 N–H and O–H groups in total. The number of ether oxygens (including phenoxy) is 1. The smallest absolute Gasteiger partial charge is 0.340 e. The number of allylic oxidation sites excluding steroid dienone is 1. The van der Waals surface area contributed by atoms with Gasteiger partial charge in [-0.15, -0.1) is 11.3 Å². The molecule has 4 nitrogen and oxygen atoms in total. The maximum atomic E-state index is 13.0. The number of methoxy groups -OCH3 is 1. The lowest BCUT2D eigenvalue weighted by Crippen LogP contribution is -2.24. The number of halogens is 1. The molecule has 0 atom stereocenters. The molecule has 1 aromatic heterocycles. The van der Waals surface area contributed by atoms with Gasteiger partial charge >= 0.3 is 5.97 Å². The largest absolute Gasteiger partial charge is 0.465 e. The van der Waals surface area contributed by atoms with E-state index in [2.05, 4.69) is 0 Å². The Balaban J connectivity index is 2.14. The van der Waals surface area contributed by atoms with Gasteiger partial charge in [-0.05, 0) is 61.2 Å². The van der Waals surface area contributed by atoms with Gasteiger partial charge in [-0.1, -0.05) is 11.6 Å². The van der Waals surface area contributed by atoms with Gasteiger partial charge in [-0.2, -0.15) is 0 Å². The van der Waals surface area contributed by atoms with E-state index in [4.69, 9.17) is 16.3 Å². The molecule has 0 spiro atoms. The van der Waals surface area contributed by atoms with E-state index < -0.39 is 5.97 Å². The molecule has 2 heterocycles. The molecule has 128 valence electrons. The Bertz CT molecular complexity index is 909. The average molecular weight is 374 g/mol. The third-order valence-corrected chi connectivity index (χ3v) is 5.27. The number of rotatable bonds is 3. The van der Waals surface area contributed by atoms with Gasteiger partial charge in [0.1, 0.15) is 0 Å². The van der Waals surface area contributed by atoms with Crippen LogP contribution in [0.3, 0.4) is 0 Å². The van der Waals surface area contributed by atoms with Gasteiger partial charge in [0.25, 0.3) is 5.91 Å². The van der Waals surface area contributed by atoms with Gasteiger partial charge in [-0.3, -0.25) is 9.69 Å². The van der Waals surface area contributed by atoms with Crippen LogP contribution < -0.4 is 4.90 Å². The van der Waals surface area contributed by atoms with E-state index in [1.165, 1.54) is 23.3 Å². The fourth-order valence-corrected chi connectivity index (χ4v) is 3.73. The van der Waals surface area contributed by atoms with E-state index in [-0.39, 0.29) is 11.5 Å². The van der Waals surface area contributed by atoms with Crippen molar-refractivity contribution in [3.63, 3.8) is 0 Å². The van der Waals surface area contributed by atoms with Crippen molar-refractivity contribution < 1.29 is 14.3 Å². The molecule has 1 amide bonds. The molecule has 0 aliphatic carbocycles. The normalized spacial score (nSPS) is 16.1. The number of carbonyl (C=O) groups excluding carboxylic acids is 2. The Kier molecular flexibility index (Phi) is 4.79. The molecule has 0 radical (unpaired) electrons. The molecule has 6 heteroatoms. The predicted molar refractivity (Wildman–Crippen MR) is 101 cm³/mol. The van der Waals surface area contributed by atoms with Crippen molar-refractivity contribution in [3.05, 3.63) is 68.0 Å². The number of esters is 1. The molecule has 0 bridgehead atoms. The van der Waals surface area contributed by atoms with Crippen LogP contribution in [0.2, 0.25) is 5.02 Å². The Morgan fingerprint density at radius 1 is 1.20 bits per heavy atom. The van der Waals surface area contributed by atoms with Gasteiger partial charge in [0.05, 0.1) is 18.3 Å². The van der Waals surface area contributed by atoms with Crippen LogP contribution in [0.15, 0.2) is 52.6 Å². The van der Waals surface area contributed by atoms with E-state index in [0.29, 0.717) is 22.0 Å². The van der Waals surface area contributed by atoms with E-state index >= 15 is 0 Å². The first kappa shape index (κ1) is 17.5. The highest BCUT2D eigenvalue weighted by atomic mass is 35.5. The van der Waals surface area contributed by atoms with Crippen LogP contribution >= 0.6 is 22.9 Å². The number of aryl methyl sites for hydroxylation is 1. The van der Waals surface area contributed by atoms with Crippen molar-refractivity contribution in [1.82, 2.24) is 0 Å². The minimum absolute atomic E-state index is 0.256. The van der Waals surface area contributed by atoms with Gasteiger partial charge in [0.15, 0.2) is 0 Å². The molecule has 1 aromatic carbocycles. The fourth-order valence-electron chi connectivity index (χ4n) is 2.74. The summed E-state index contributed by atoms with van der Waals surface area (Å²) < 4.78 is 4.90. The summed E-state index contributed by atoms with van der Waals surface area (Å²) in [6.45, 7) is 3.70. The van der Waals surface area contributed by atoms with Gasteiger partial charge < -0.3 is 4.74 Å². The summed E-state index contributed by atoms with van der Waals surface area (Å²) in [5.41, 5.74) is 2.87. The van der Waals surface area contributed by atoms with E-state index in [0.717, 1.165) is 10.4 Å². The molecule has 2 aromatic rings. The number of nitrogens with zero attached hydrogens (tertiary/aromatic N) is 1. The van der Waals surface area contributed by atoms with Crippen molar-refractivity contribution in [3.8, 4) is 0 Å². The molecule has 0 unspecified atom stereocenters. The topological polar surface area (TPSA) is 46.6 Å². The molecule has 0 saturated carbocycles. The zero-order valence-corrected chi connectivity index (χ0v) is 15.6. The lowest BCUT2D eigenvalue weighted by Gasteiger charge is -2.17. The van der Waals surface area contributed by atoms with Gasteiger partial charge in [0, 0.05) is 21.3 Å². The zero-order chi connectivity index (χ0) is 18.1. The highest BCUT2D eigenvalue weighted by molar-refractivity contribution is 7.11. The van der Waals surface area contributed by atoms with Crippen LogP contribution in [0.25, 0.3) is 6.08 Å². The van der Waals surface area contributed by atoms with Crippen LogP contribution in [0.5, 0.6) is 0 Å². The fraction of sp³-hybridized carbons (Fsp3) is 0.158. The minimum atomic E-state index is -0.525. The van der Waals surface area contributed by atoms with Gasteiger partial charge in [0.2, 0.25) is 0 Å². The van der Waals surface area contributed by atoms with Crippen LogP contribution in [-0.2, 0) is 14.3 Å². The first-order valence-corrected chi connectivity index (χ1v) is 8.85. The number of benzene rings is 1. The third-order valence-electron chi connectivity index (χ3n) is 4.05. The molecular weight excluding hydrogens is 358 g/mol. The lowest BCUT2D eigenvalue weighted by atomic mass is 10.1. The number of hydrogen-bond acceptors (Lipinski definition) is 4. The molecule has 1 aliphatic heterocycles. The van der Waals surface area contributed by atoms with E-state index in [1.54, 1.807) is 37.3 Å². The Hall–Kier alpha value is -2.37. The maximum absolute atomic E-state index is 13.0. The number of carbonyl (C=O) groups is 2. The SMILES string of the molecule is COC(=O)C1=C(C)N(c2ccc(Cl)cc2)C(=O)/C1=C\c1sccc1C. The molecule has 0 saturated heterocycles. The van der Waals surface area contributed by atoms with Crippen LogP contribution in [-0.4, -0.2) is 19.0 Å². The summed E-state index contributed by atoms with van der Waals surface area (Å²) in [6, 6.07) is 8.89. The van der Waals surface area contributed by atoms with E-state index in [9.17, 15) is 9.59 Å². The molecule has 25 heavy (non-hydrogen) atoms. The van der Waals surface area contributed by atoms with E-state index in [1.807, 2.05) is 18.4 Å². The van der Waals surface area contributed by atoms with Crippen molar-refractivity contribution in [2.75, 3.05) is 12.0 Å². The Labute approximate surface area is 155 Å². The van der Waals surface area contributed by atoms with Crippen molar-refractivity contribution in [2.24, 2.45) is 0 Å². The second kappa shape index (κ2) is 6.86.